The largest absolute Gasteiger partial charge is 0.287 e. The summed E-state index contributed by atoms with van der Waals surface area (Å²) in [7, 11) is 0. The molecule has 62 valence electrons. The number of nitrogens with zero attached hydrogens (tertiary/aromatic N) is 2. The summed E-state index contributed by atoms with van der Waals surface area (Å²) in [5.74, 6) is 0. The first-order valence-corrected chi connectivity index (χ1v) is 3.38. The van der Waals surface area contributed by atoms with Crippen molar-refractivity contribution >= 4 is 11.8 Å². The van der Waals surface area contributed by atoms with Gasteiger partial charge in [-0.3, -0.25) is 10.1 Å². The molecule has 0 atom stereocenters. The molecule has 0 bridgehead atoms. The Labute approximate surface area is 69.7 Å². The van der Waals surface area contributed by atoms with Gasteiger partial charge in [0.15, 0.2) is 0 Å². The molecule has 0 aliphatic heterocycles. The second-order valence-corrected chi connectivity index (χ2v) is 2.36. The van der Waals surface area contributed by atoms with E-state index in [1.807, 2.05) is 0 Å². The molecule has 0 unspecified atom stereocenters. The van der Waals surface area contributed by atoms with Crippen molar-refractivity contribution in [3.05, 3.63) is 40.2 Å². The lowest BCUT2D eigenvalue weighted by Crippen LogP contribution is -1.92. The Bertz CT molecular complexity index is 334. The standard InChI is InChI=1S/C8H8N2O2/c1-3-8-6(2)4-7(5-9-8)10(11)12/h3-5H,1H2,2H3. The highest BCUT2D eigenvalue weighted by atomic mass is 16.6. The Morgan fingerprint density at radius 2 is 2.42 bits per heavy atom. The monoisotopic (exact) mass is 164 g/mol. The van der Waals surface area contributed by atoms with E-state index in [0.29, 0.717) is 5.69 Å². The van der Waals surface area contributed by atoms with Crippen molar-refractivity contribution in [2.45, 2.75) is 6.92 Å². The van der Waals surface area contributed by atoms with Gasteiger partial charge in [-0.2, -0.15) is 0 Å². The second kappa shape index (κ2) is 3.13. The van der Waals surface area contributed by atoms with Crippen molar-refractivity contribution in [1.82, 2.24) is 4.98 Å². The number of rotatable bonds is 2. The zero-order valence-electron chi connectivity index (χ0n) is 6.65. The molecule has 0 saturated heterocycles. The van der Waals surface area contributed by atoms with E-state index in [-0.39, 0.29) is 5.69 Å². The maximum atomic E-state index is 10.3. The van der Waals surface area contributed by atoms with Crippen molar-refractivity contribution in [2.75, 3.05) is 0 Å². The predicted molar refractivity (Wildman–Crippen MR) is 45.7 cm³/mol. The average molecular weight is 164 g/mol. The molecule has 0 aliphatic rings. The highest BCUT2D eigenvalue weighted by Crippen LogP contribution is 2.14. The van der Waals surface area contributed by atoms with Crippen molar-refractivity contribution < 1.29 is 4.92 Å². The van der Waals surface area contributed by atoms with Crippen LogP contribution in [0.4, 0.5) is 5.69 Å². The molecule has 0 fully saturated rings. The number of hydrogen-bond acceptors (Lipinski definition) is 3. The van der Waals surface area contributed by atoms with Crippen molar-refractivity contribution in [3.63, 3.8) is 0 Å². The first-order valence-electron chi connectivity index (χ1n) is 3.38. The van der Waals surface area contributed by atoms with Crippen LogP contribution in [0.3, 0.4) is 0 Å². The van der Waals surface area contributed by atoms with Crippen LogP contribution in [-0.2, 0) is 0 Å². The molecule has 1 aromatic heterocycles. The lowest BCUT2D eigenvalue weighted by atomic mass is 10.2. The third kappa shape index (κ3) is 1.47. The summed E-state index contributed by atoms with van der Waals surface area (Å²) in [6.07, 6.45) is 2.79. The fraction of sp³-hybridized carbons (Fsp3) is 0.125. The molecule has 0 radical (unpaired) electrons. The highest BCUT2D eigenvalue weighted by molar-refractivity contribution is 5.49. The number of hydrogen-bond donors (Lipinski definition) is 0. The summed E-state index contributed by atoms with van der Waals surface area (Å²) in [6.45, 7) is 5.29. The van der Waals surface area contributed by atoms with Crippen LogP contribution in [0.5, 0.6) is 0 Å². The van der Waals surface area contributed by atoms with E-state index >= 15 is 0 Å². The van der Waals surface area contributed by atoms with E-state index in [2.05, 4.69) is 11.6 Å². The van der Waals surface area contributed by atoms with Crippen LogP contribution in [-0.4, -0.2) is 9.91 Å². The van der Waals surface area contributed by atoms with E-state index in [1.54, 1.807) is 13.0 Å². The number of pyridine rings is 1. The maximum Gasteiger partial charge on any atom is 0.287 e. The highest BCUT2D eigenvalue weighted by Gasteiger charge is 2.06. The van der Waals surface area contributed by atoms with Gasteiger partial charge in [0, 0.05) is 6.07 Å². The minimum Gasteiger partial charge on any atom is -0.258 e. The third-order valence-corrected chi connectivity index (χ3v) is 1.51. The van der Waals surface area contributed by atoms with E-state index in [9.17, 15) is 10.1 Å². The van der Waals surface area contributed by atoms with Crippen molar-refractivity contribution in [1.29, 1.82) is 0 Å². The van der Waals surface area contributed by atoms with Crippen LogP contribution < -0.4 is 0 Å². The van der Waals surface area contributed by atoms with Gasteiger partial charge in [-0.05, 0) is 18.6 Å². The summed E-state index contributed by atoms with van der Waals surface area (Å²) < 4.78 is 0. The van der Waals surface area contributed by atoms with Gasteiger partial charge in [-0.25, -0.2) is 4.98 Å². The second-order valence-electron chi connectivity index (χ2n) is 2.36. The van der Waals surface area contributed by atoms with Gasteiger partial charge < -0.3 is 0 Å². The predicted octanol–water partition coefficient (Wildman–Crippen LogP) is 1.94. The van der Waals surface area contributed by atoms with Gasteiger partial charge in [0.25, 0.3) is 5.69 Å². The molecule has 0 aromatic carbocycles. The molecule has 0 saturated carbocycles. The third-order valence-electron chi connectivity index (χ3n) is 1.51. The van der Waals surface area contributed by atoms with Gasteiger partial charge in [0.1, 0.15) is 6.20 Å². The Kier molecular flexibility index (Phi) is 2.19. The van der Waals surface area contributed by atoms with Crippen LogP contribution in [0, 0.1) is 17.0 Å². The van der Waals surface area contributed by atoms with Gasteiger partial charge in [0.05, 0.1) is 10.6 Å². The van der Waals surface area contributed by atoms with E-state index in [4.69, 9.17) is 0 Å². The molecular formula is C8H8N2O2. The van der Waals surface area contributed by atoms with Crippen LogP contribution in [0.1, 0.15) is 11.3 Å². The number of nitro groups is 1. The molecule has 0 aliphatic carbocycles. The summed E-state index contributed by atoms with van der Waals surface area (Å²) in [4.78, 5) is 13.7. The Balaban J connectivity index is 3.18. The maximum absolute atomic E-state index is 10.3. The van der Waals surface area contributed by atoms with Crippen LogP contribution >= 0.6 is 0 Å². The molecule has 0 amide bonds. The van der Waals surface area contributed by atoms with E-state index < -0.39 is 4.92 Å². The average Bonchev–Trinajstić information content (AvgIpc) is 2.04. The number of aromatic nitrogens is 1. The topological polar surface area (TPSA) is 56.0 Å². The van der Waals surface area contributed by atoms with E-state index in [0.717, 1.165) is 5.56 Å². The minimum absolute atomic E-state index is 0.0121. The fourth-order valence-corrected chi connectivity index (χ4v) is 0.884. The van der Waals surface area contributed by atoms with E-state index in [1.165, 1.54) is 12.3 Å². The van der Waals surface area contributed by atoms with Gasteiger partial charge in [0.2, 0.25) is 0 Å². The van der Waals surface area contributed by atoms with Gasteiger partial charge in [-0.15, -0.1) is 0 Å². The van der Waals surface area contributed by atoms with Gasteiger partial charge in [-0.1, -0.05) is 6.58 Å². The molecule has 1 rings (SSSR count). The molecular weight excluding hydrogens is 156 g/mol. The summed E-state index contributed by atoms with van der Waals surface area (Å²) in [5, 5.41) is 10.3. The summed E-state index contributed by atoms with van der Waals surface area (Å²) in [6, 6.07) is 1.48. The summed E-state index contributed by atoms with van der Waals surface area (Å²) in [5.41, 5.74) is 1.46. The molecule has 1 aromatic rings. The van der Waals surface area contributed by atoms with Crippen LogP contribution in [0.2, 0.25) is 0 Å². The first-order chi connectivity index (χ1) is 5.65. The molecule has 12 heavy (non-hydrogen) atoms. The minimum atomic E-state index is -0.465. The zero-order chi connectivity index (χ0) is 9.14. The van der Waals surface area contributed by atoms with Crippen LogP contribution in [0.25, 0.3) is 6.08 Å². The SMILES string of the molecule is C=Cc1ncc([N+](=O)[O-])cc1C. The normalized spacial score (nSPS) is 9.42. The Morgan fingerprint density at radius 1 is 1.75 bits per heavy atom. The molecule has 0 spiro atoms. The van der Waals surface area contributed by atoms with Crippen molar-refractivity contribution in [3.8, 4) is 0 Å². The zero-order valence-corrected chi connectivity index (χ0v) is 6.65. The Hall–Kier alpha value is -1.71. The molecule has 1 heterocycles. The summed E-state index contributed by atoms with van der Waals surface area (Å²) >= 11 is 0. The lowest BCUT2D eigenvalue weighted by molar-refractivity contribution is -0.385. The van der Waals surface area contributed by atoms with Gasteiger partial charge >= 0.3 is 0 Å². The Morgan fingerprint density at radius 3 is 2.83 bits per heavy atom. The van der Waals surface area contributed by atoms with Crippen LogP contribution in [0.15, 0.2) is 18.8 Å². The molecule has 0 N–H and O–H groups in total. The quantitative estimate of drug-likeness (QED) is 0.495. The van der Waals surface area contributed by atoms with Crippen molar-refractivity contribution in [2.24, 2.45) is 0 Å². The lowest BCUT2D eigenvalue weighted by Gasteiger charge is -1.97. The number of aryl methyl sites for hydroxylation is 1. The fourth-order valence-electron chi connectivity index (χ4n) is 0.884. The smallest absolute Gasteiger partial charge is 0.258 e. The molecule has 4 nitrogen and oxygen atoms in total. The first kappa shape index (κ1) is 8.39. The molecule has 4 heteroatoms.